The third-order valence-corrected chi connectivity index (χ3v) is 3.81. The molecule has 0 aliphatic carbocycles. The van der Waals surface area contributed by atoms with Gasteiger partial charge in [-0.15, -0.1) is 4.52 Å². The summed E-state index contributed by atoms with van der Waals surface area (Å²) in [6, 6.07) is 0. The summed E-state index contributed by atoms with van der Waals surface area (Å²) in [4.78, 5) is 23.3. The number of nitrogen functional groups attached to an aromatic ring is 1. The fraction of sp³-hybridized carbons (Fsp3) is 0.571. The second-order valence-corrected chi connectivity index (χ2v) is 6.76. The van der Waals surface area contributed by atoms with Crippen molar-refractivity contribution in [3.8, 4) is 0 Å². The van der Waals surface area contributed by atoms with Gasteiger partial charge in [0.05, 0.1) is 25.1 Å². The number of imidazole rings is 1. The van der Waals surface area contributed by atoms with Crippen molar-refractivity contribution in [2.75, 3.05) is 18.9 Å². The molecule has 0 bridgehead atoms. The Morgan fingerprint density at radius 2 is 2.08 bits per heavy atom. The van der Waals surface area contributed by atoms with Crippen molar-refractivity contribution >= 4 is 31.2 Å². The van der Waals surface area contributed by atoms with E-state index >= 15 is 0 Å². The third-order valence-electron chi connectivity index (χ3n) is 3.05. The van der Waals surface area contributed by atoms with Gasteiger partial charge in [0.25, 0.3) is 6.35 Å². The molecule has 2 heterocycles. The first kappa shape index (κ1) is 20.0. The van der Waals surface area contributed by atoms with E-state index in [2.05, 4.69) is 19.7 Å². The van der Waals surface area contributed by atoms with E-state index in [0.29, 0.717) is 23.5 Å². The number of anilines is 1. The lowest BCUT2D eigenvalue weighted by molar-refractivity contribution is -0.00819. The highest BCUT2D eigenvalue weighted by Gasteiger charge is 2.22. The van der Waals surface area contributed by atoms with Crippen molar-refractivity contribution in [2.24, 2.45) is 0 Å². The molecular formula is C14H21N5O6P+. The Labute approximate surface area is 150 Å². The molecule has 2 atom stereocenters. The van der Waals surface area contributed by atoms with E-state index in [1.807, 2.05) is 0 Å². The van der Waals surface area contributed by atoms with Crippen LogP contribution in [0.3, 0.4) is 0 Å². The minimum Gasteiger partial charge on any atom is -0.432 e. The van der Waals surface area contributed by atoms with E-state index in [1.54, 1.807) is 31.7 Å². The van der Waals surface area contributed by atoms with Gasteiger partial charge in [-0.1, -0.05) is 0 Å². The molecule has 0 fully saturated rings. The first-order chi connectivity index (χ1) is 12.4. The van der Waals surface area contributed by atoms with Crippen LogP contribution in [0.2, 0.25) is 0 Å². The van der Waals surface area contributed by atoms with Gasteiger partial charge in [0.2, 0.25) is 6.79 Å². The fourth-order valence-electron chi connectivity index (χ4n) is 1.95. The molecule has 0 spiro atoms. The second kappa shape index (κ2) is 9.37. The van der Waals surface area contributed by atoms with Crippen LogP contribution >= 0.6 is 8.03 Å². The summed E-state index contributed by atoms with van der Waals surface area (Å²) in [6.07, 6.45) is 1.31. The molecule has 2 aromatic heterocycles. The Morgan fingerprint density at radius 1 is 1.31 bits per heavy atom. The topological polar surface area (TPSA) is 141 Å². The minimum absolute atomic E-state index is 0.150. The number of nitrogens with zero attached hydrogens (tertiary/aromatic N) is 4. The van der Waals surface area contributed by atoms with Gasteiger partial charge in [0, 0.05) is 0 Å². The molecule has 0 saturated carbocycles. The van der Waals surface area contributed by atoms with Gasteiger partial charge >= 0.3 is 14.2 Å². The van der Waals surface area contributed by atoms with Gasteiger partial charge in [-0.2, -0.15) is 0 Å². The van der Waals surface area contributed by atoms with Gasteiger partial charge in [0.1, 0.15) is 11.8 Å². The van der Waals surface area contributed by atoms with Gasteiger partial charge in [-0.25, -0.2) is 19.7 Å². The van der Waals surface area contributed by atoms with E-state index < -0.39 is 21.0 Å². The Bertz CT molecular complexity index is 767. The van der Waals surface area contributed by atoms with Crippen molar-refractivity contribution in [1.29, 1.82) is 0 Å². The van der Waals surface area contributed by atoms with Crippen LogP contribution < -0.4 is 5.73 Å². The fourth-order valence-corrected chi connectivity index (χ4v) is 2.57. The summed E-state index contributed by atoms with van der Waals surface area (Å²) < 4.78 is 33.2. The molecule has 2 aromatic rings. The first-order valence-electron chi connectivity index (χ1n) is 7.80. The molecule has 0 amide bonds. The maximum Gasteiger partial charge on any atom is 0.540 e. The van der Waals surface area contributed by atoms with Crippen LogP contribution in [0.1, 0.15) is 20.8 Å². The van der Waals surface area contributed by atoms with Crippen LogP contribution in [-0.2, 0) is 29.8 Å². The largest absolute Gasteiger partial charge is 0.540 e. The van der Waals surface area contributed by atoms with Crippen molar-refractivity contribution in [1.82, 2.24) is 19.5 Å². The smallest absolute Gasteiger partial charge is 0.432 e. The Balaban J connectivity index is 1.72. The van der Waals surface area contributed by atoms with E-state index in [0.717, 1.165) is 0 Å². The minimum atomic E-state index is -2.14. The number of carbonyl (C=O) groups is 1. The van der Waals surface area contributed by atoms with Gasteiger partial charge in [-0.3, -0.25) is 0 Å². The van der Waals surface area contributed by atoms with Crippen LogP contribution in [0.5, 0.6) is 0 Å². The van der Waals surface area contributed by atoms with Crippen molar-refractivity contribution in [3.05, 3.63) is 12.7 Å². The van der Waals surface area contributed by atoms with Gasteiger partial charge < -0.3 is 24.5 Å². The van der Waals surface area contributed by atoms with Crippen molar-refractivity contribution in [2.45, 2.75) is 39.5 Å². The molecule has 11 nitrogen and oxygen atoms in total. The van der Waals surface area contributed by atoms with E-state index in [4.69, 9.17) is 19.7 Å². The van der Waals surface area contributed by atoms with Crippen LogP contribution in [0.25, 0.3) is 11.2 Å². The summed E-state index contributed by atoms with van der Waals surface area (Å²) in [5.74, 6) is 0.301. The molecular weight excluding hydrogens is 365 g/mol. The Morgan fingerprint density at radius 3 is 2.81 bits per heavy atom. The predicted octanol–water partition coefficient (Wildman–Crippen LogP) is 2.05. The molecule has 2 N–H and O–H groups in total. The van der Waals surface area contributed by atoms with E-state index in [9.17, 15) is 9.36 Å². The zero-order chi connectivity index (χ0) is 19.1. The Hall–Kier alpha value is -2.36. The number of ether oxygens (including phenoxy) is 3. The molecule has 26 heavy (non-hydrogen) atoms. The quantitative estimate of drug-likeness (QED) is 0.386. The van der Waals surface area contributed by atoms with Crippen LogP contribution in [0, 0.1) is 0 Å². The molecule has 0 radical (unpaired) electrons. The molecule has 12 heteroatoms. The molecule has 2 rings (SSSR count). The van der Waals surface area contributed by atoms with Crippen LogP contribution in [0.15, 0.2) is 12.7 Å². The second-order valence-electron chi connectivity index (χ2n) is 5.58. The summed E-state index contributed by atoms with van der Waals surface area (Å²) in [5.41, 5.74) is 6.84. The standard InChI is InChI=1S/C14H21N5O6P/c1-9(2)25-14(20)22-7-24-26(21)8-23-10(3)4-19-6-18-11-12(15)16-5-17-13(11)19/h5-6,9-10H,4,7-8H2,1-3H3,(H2,15,16,17)/q+1/t10-/m0/s1. The van der Waals surface area contributed by atoms with Crippen molar-refractivity contribution < 1.29 is 28.1 Å². The van der Waals surface area contributed by atoms with Crippen LogP contribution in [-0.4, -0.2) is 51.0 Å². The molecule has 1 unspecified atom stereocenters. The average Bonchev–Trinajstić information content (AvgIpc) is 2.97. The highest BCUT2D eigenvalue weighted by atomic mass is 31.1. The number of rotatable bonds is 9. The van der Waals surface area contributed by atoms with Crippen LogP contribution in [0.4, 0.5) is 10.6 Å². The lowest BCUT2D eigenvalue weighted by Gasteiger charge is -2.10. The number of hydrogen-bond donors (Lipinski definition) is 1. The van der Waals surface area contributed by atoms with Gasteiger partial charge in [0.15, 0.2) is 11.5 Å². The highest BCUT2D eigenvalue weighted by Crippen LogP contribution is 2.23. The predicted molar refractivity (Wildman–Crippen MR) is 91.4 cm³/mol. The maximum absolute atomic E-state index is 11.7. The summed E-state index contributed by atoms with van der Waals surface area (Å²) >= 11 is 0. The summed E-state index contributed by atoms with van der Waals surface area (Å²) in [7, 11) is -2.14. The van der Waals surface area contributed by atoms with Gasteiger partial charge in [-0.05, 0) is 25.3 Å². The van der Waals surface area contributed by atoms with Crippen molar-refractivity contribution in [3.63, 3.8) is 0 Å². The SMILES string of the molecule is CC(C)OC(=O)OCO[P+](=O)CO[C@@H](C)Cn1cnc2c(N)ncnc21. The first-order valence-corrected chi connectivity index (χ1v) is 9.17. The lowest BCUT2D eigenvalue weighted by Crippen LogP contribution is -2.17. The summed E-state index contributed by atoms with van der Waals surface area (Å²) in [5, 5.41) is 0. The molecule has 142 valence electrons. The zero-order valence-corrected chi connectivity index (χ0v) is 15.6. The Kier molecular flexibility index (Phi) is 7.19. The zero-order valence-electron chi connectivity index (χ0n) is 14.7. The van der Waals surface area contributed by atoms with E-state index in [1.165, 1.54) is 6.33 Å². The number of aromatic nitrogens is 4. The normalized spacial score (nSPS) is 13.0. The molecule has 0 aliphatic rings. The monoisotopic (exact) mass is 386 g/mol. The average molecular weight is 386 g/mol. The number of nitrogens with two attached hydrogens (primary N) is 1. The number of fused-ring (bicyclic) bond motifs is 1. The molecule has 0 aromatic carbocycles. The number of carbonyl (C=O) groups excluding carboxylic acids is 1. The van der Waals surface area contributed by atoms with E-state index in [-0.39, 0.29) is 18.6 Å². The third kappa shape index (κ3) is 5.87. The molecule has 0 aliphatic heterocycles. The number of hydrogen-bond acceptors (Lipinski definition) is 10. The highest BCUT2D eigenvalue weighted by molar-refractivity contribution is 7.38. The molecule has 0 saturated heterocycles. The summed E-state index contributed by atoms with van der Waals surface area (Å²) in [6.45, 7) is 5.12. The lowest BCUT2D eigenvalue weighted by atomic mass is 10.4. The maximum atomic E-state index is 11.7.